The molecule has 0 aromatic rings. The van der Waals surface area contributed by atoms with Gasteiger partial charge in [0.05, 0.1) is 6.10 Å². The molecule has 0 spiro atoms. The molecule has 1 N–H and O–H groups in total. The third-order valence-electron chi connectivity index (χ3n) is 3.14. The highest BCUT2D eigenvalue weighted by atomic mass is 16.3. The lowest BCUT2D eigenvalue weighted by Crippen LogP contribution is -2.21. The van der Waals surface area contributed by atoms with Crippen LogP contribution in [0.5, 0.6) is 0 Å². The van der Waals surface area contributed by atoms with Crippen molar-refractivity contribution in [3.63, 3.8) is 0 Å². The van der Waals surface area contributed by atoms with Gasteiger partial charge in [0, 0.05) is 11.9 Å². The highest BCUT2D eigenvalue weighted by Crippen LogP contribution is 2.35. The number of aliphatic hydroxyl groups is 1. The first-order chi connectivity index (χ1) is 7.06. The largest absolute Gasteiger partial charge is 0.393 e. The Kier molecular flexibility index (Phi) is 4.28. The SMILES string of the molecule is C=C1CC(C(C)O)CC/C1=C(\C)N=CC. The minimum atomic E-state index is -0.224. The summed E-state index contributed by atoms with van der Waals surface area (Å²) in [5.41, 5.74) is 3.51. The molecule has 1 saturated carbocycles. The first-order valence-corrected chi connectivity index (χ1v) is 5.61. The minimum absolute atomic E-state index is 0.224. The average molecular weight is 207 g/mol. The molecular formula is C13H21NO. The first kappa shape index (κ1) is 12.2. The van der Waals surface area contributed by atoms with E-state index in [0.29, 0.717) is 5.92 Å². The summed E-state index contributed by atoms with van der Waals surface area (Å²) in [6, 6.07) is 0. The van der Waals surface area contributed by atoms with E-state index < -0.39 is 0 Å². The number of allylic oxidation sites excluding steroid dienone is 3. The van der Waals surface area contributed by atoms with Gasteiger partial charge < -0.3 is 5.11 Å². The predicted octanol–water partition coefficient (Wildman–Crippen LogP) is 3.09. The number of hydrogen-bond acceptors (Lipinski definition) is 2. The van der Waals surface area contributed by atoms with E-state index in [1.54, 1.807) is 0 Å². The van der Waals surface area contributed by atoms with Crippen LogP contribution >= 0.6 is 0 Å². The zero-order valence-corrected chi connectivity index (χ0v) is 9.95. The van der Waals surface area contributed by atoms with Gasteiger partial charge in [0.2, 0.25) is 0 Å². The molecule has 0 bridgehead atoms. The molecule has 0 radical (unpaired) electrons. The van der Waals surface area contributed by atoms with Crippen LogP contribution in [-0.4, -0.2) is 17.4 Å². The standard InChI is InChI=1S/C13H21NO/c1-5-14-10(3)13-7-6-12(11(4)15)8-9(13)2/h5,11-12,15H,2,6-8H2,1,3-4H3/b13-10-,14-5?. The third-order valence-corrected chi connectivity index (χ3v) is 3.14. The second kappa shape index (κ2) is 5.26. The van der Waals surface area contributed by atoms with Gasteiger partial charge in [-0.2, -0.15) is 0 Å². The average Bonchev–Trinajstić information content (AvgIpc) is 2.17. The fourth-order valence-corrected chi connectivity index (χ4v) is 2.17. The number of hydrogen-bond donors (Lipinski definition) is 1. The lowest BCUT2D eigenvalue weighted by Gasteiger charge is -2.28. The summed E-state index contributed by atoms with van der Waals surface area (Å²) in [5.74, 6) is 0.375. The Morgan fingerprint density at radius 3 is 2.80 bits per heavy atom. The maximum absolute atomic E-state index is 9.54. The number of aliphatic hydroxyl groups excluding tert-OH is 1. The van der Waals surface area contributed by atoms with Crippen molar-refractivity contribution in [2.45, 2.75) is 46.1 Å². The van der Waals surface area contributed by atoms with Gasteiger partial charge in [0.1, 0.15) is 0 Å². The summed E-state index contributed by atoms with van der Waals surface area (Å²) in [4.78, 5) is 4.30. The smallest absolute Gasteiger partial charge is 0.0543 e. The van der Waals surface area contributed by atoms with Gasteiger partial charge in [0.15, 0.2) is 0 Å². The Morgan fingerprint density at radius 1 is 1.67 bits per heavy atom. The topological polar surface area (TPSA) is 32.6 Å². The molecule has 0 heterocycles. The van der Waals surface area contributed by atoms with E-state index >= 15 is 0 Å². The maximum Gasteiger partial charge on any atom is 0.0543 e. The molecule has 0 aliphatic heterocycles. The van der Waals surface area contributed by atoms with Gasteiger partial charge in [-0.05, 0) is 57.1 Å². The molecule has 0 saturated heterocycles. The molecule has 1 aliphatic carbocycles. The molecule has 1 fully saturated rings. The van der Waals surface area contributed by atoms with Crippen LogP contribution in [0.15, 0.2) is 28.4 Å². The van der Waals surface area contributed by atoms with Crippen molar-refractivity contribution in [3.8, 4) is 0 Å². The summed E-state index contributed by atoms with van der Waals surface area (Å²) in [5, 5.41) is 9.54. The molecular weight excluding hydrogens is 186 g/mol. The van der Waals surface area contributed by atoms with Crippen molar-refractivity contribution >= 4 is 6.21 Å². The van der Waals surface area contributed by atoms with Crippen molar-refractivity contribution in [3.05, 3.63) is 23.4 Å². The van der Waals surface area contributed by atoms with Crippen LogP contribution in [-0.2, 0) is 0 Å². The summed E-state index contributed by atoms with van der Waals surface area (Å²) >= 11 is 0. The fraction of sp³-hybridized carbons (Fsp3) is 0.615. The summed E-state index contributed by atoms with van der Waals surface area (Å²) < 4.78 is 0. The summed E-state index contributed by atoms with van der Waals surface area (Å²) in [6.07, 6.45) is 4.54. The molecule has 1 aliphatic rings. The Balaban J connectivity index is 2.76. The van der Waals surface area contributed by atoms with Crippen LogP contribution < -0.4 is 0 Å². The van der Waals surface area contributed by atoms with Crippen LogP contribution in [0.4, 0.5) is 0 Å². The fourth-order valence-electron chi connectivity index (χ4n) is 2.17. The van der Waals surface area contributed by atoms with E-state index in [-0.39, 0.29) is 6.10 Å². The lowest BCUT2D eigenvalue weighted by molar-refractivity contribution is 0.116. The minimum Gasteiger partial charge on any atom is -0.393 e. The molecule has 2 atom stereocenters. The Morgan fingerprint density at radius 2 is 2.33 bits per heavy atom. The van der Waals surface area contributed by atoms with Gasteiger partial charge in [-0.25, -0.2) is 0 Å². The van der Waals surface area contributed by atoms with Gasteiger partial charge in [0.25, 0.3) is 0 Å². The van der Waals surface area contributed by atoms with Gasteiger partial charge >= 0.3 is 0 Å². The number of rotatable bonds is 2. The summed E-state index contributed by atoms with van der Waals surface area (Å²) in [6.45, 7) is 9.91. The van der Waals surface area contributed by atoms with E-state index in [1.165, 1.54) is 5.57 Å². The van der Waals surface area contributed by atoms with E-state index in [2.05, 4.69) is 11.6 Å². The second-order valence-corrected chi connectivity index (χ2v) is 4.30. The van der Waals surface area contributed by atoms with E-state index in [9.17, 15) is 5.11 Å². The van der Waals surface area contributed by atoms with Crippen molar-refractivity contribution in [2.24, 2.45) is 10.9 Å². The van der Waals surface area contributed by atoms with Crippen LogP contribution in [0.1, 0.15) is 40.0 Å². The van der Waals surface area contributed by atoms with Crippen LogP contribution in [0.3, 0.4) is 0 Å². The third kappa shape index (κ3) is 3.03. The van der Waals surface area contributed by atoms with Crippen LogP contribution in [0.25, 0.3) is 0 Å². The van der Waals surface area contributed by atoms with Crippen molar-refractivity contribution in [1.82, 2.24) is 0 Å². The molecule has 0 aromatic heterocycles. The van der Waals surface area contributed by atoms with Crippen molar-refractivity contribution in [2.75, 3.05) is 0 Å². The predicted molar refractivity (Wildman–Crippen MR) is 65.0 cm³/mol. The monoisotopic (exact) mass is 207 g/mol. The lowest BCUT2D eigenvalue weighted by atomic mass is 9.79. The van der Waals surface area contributed by atoms with Crippen molar-refractivity contribution in [1.29, 1.82) is 0 Å². The summed E-state index contributed by atoms with van der Waals surface area (Å²) in [7, 11) is 0. The van der Waals surface area contributed by atoms with Gasteiger partial charge in [-0.1, -0.05) is 6.58 Å². The molecule has 2 heteroatoms. The zero-order valence-electron chi connectivity index (χ0n) is 9.95. The Labute approximate surface area is 92.4 Å². The molecule has 0 aromatic carbocycles. The van der Waals surface area contributed by atoms with E-state index in [1.807, 2.05) is 27.0 Å². The molecule has 15 heavy (non-hydrogen) atoms. The zero-order chi connectivity index (χ0) is 11.4. The van der Waals surface area contributed by atoms with Crippen LogP contribution in [0.2, 0.25) is 0 Å². The Hall–Kier alpha value is -0.890. The quantitative estimate of drug-likeness (QED) is 0.693. The Bertz CT molecular complexity index is 300. The van der Waals surface area contributed by atoms with E-state index in [0.717, 1.165) is 30.5 Å². The number of aliphatic imine (C=N–C) groups is 1. The highest BCUT2D eigenvalue weighted by molar-refractivity contribution is 5.56. The highest BCUT2D eigenvalue weighted by Gasteiger charge is 2.24. The normalized spacial score (nSPS) is 28.3. The van der Waals surface area contributed by atoms with E-state index in [4.69, 9.17) is 0 Å². The molecule has 0 amide bonds. The first-order valence-electron chi connectivity index (χ1n) is 5.61. The van der Waals surface area contributed by atoms with Gasteiger partial charge in [-0.3, -0.25) is 4.99 Å². The molecule has 1 rings (SSSR count). The van der Waals surface area contributed by atoms with Crippen LogP contribution in [0, 0.1) is 5.92 Å². The van der Waals surface area contributed by atoms with Crippen molar-refractivity contribution < 1.29 is 5.11 Å². The molecule has 84 valence electrons. The maximum atomic E-state index is 9.54. The molecule has 2 unspecified atom stereocenters. The second-order valence-electron chi connectivity index (χ2n) is 4.30. The number of nitrogens with zero attached hydrogens (tertiary/aromatic N) is 1. The van der Waals surface area contributed by atoms with Gasteiger partial charge in [-0.15, -0.1) is 0 Å². The molecule has 2 nitrogen and oxygen atoms in total.